The maximum absolute atomic E-state index is 12.4. The van der Waals surface area contributed by atoms with E-state index in [0.29, 0.717) is 6.54 Å². The van der Waals surface area contributed by atoms with Crippen LogP contribution in [0.3, 0.4) is 0 Å². The van der Waals surface area contributed by atoms with Crippen LogP contribution >= 0.6 is 11.6 Å². The zero-order valence-electron chi connectivity index (χ0n) is 13.3. The van der Waals surface area contributed by atoms with Crippen LogP contribution in [0.5, 0.6) is 0 Å². The molecule has 0 radical (unpaired) electrons. The van der Waals surface area contributed by atoms with Crippen LogP contribution in [0, 0.1) is 0 Å². The fraction of sp³-hybridized carbons (Fsp3) is 0.133. The van der Waals surface area contributed by atoms with Gasteiger partial charge in [0.25, 0.3) is 10.0 Å². The number of benzene rings is 2. The molecule has 0 aromatic heterocycles. The Balaban J connectivity index is 1.83. The standard InChI is InChI=1S/C15H15ClN4O4S2/c16-11-6-12-14(7-13(11)25(17,21)22)26(23,24)20-15(19-12)9-18-8-10-4-2-1-3-5-10/h1-7,18H,8-9H2,(H,19,20)(H2,17,21,22). The second-order valence-electron chi connectivity index (χ2n) is 5.55. The smallest absolute Gasteiger partial charge is 0.286 e. The summed E-state index contributed by atoms with van der Waals surface area (Å²) in [6.45, 7) is 0.696. The molecule has 0 saturated heterocycles. The van der Waals surface area contributed by atoms with Gasteiger partial charge in [-0.2, -0.15) is 8.42 Å². The van der Waals surface area contributed by atoms with Gasteiger partial charge in [-0.1, -0.05) is 41.9 Å². The first-order valence-corrected chi connectivity index (χ1v) is 10.7. The van der Waals surface area contributed by atoms with Gasteiger partial charge in [0.15, 0.2) is 0 Å². The van der Waals surface area contributed by atoms with Crippen molar-refractivity contribution in [3.63, 3.8) is 0 Å². The third kappa shape index (κ3) is 4.05. The second kappa shape index (κ2) is 6.97. The molecule has 0 spiro atoms. The number of nitrogens with two attached hydrogens (primary N) is 1. The molecule has 1 heterocycles. The van der Waals surface area contributed by atoms with Gasteiger partial charge in [0.05, 0.1) is 17.3 Å². The topological polar surface area (TPSA) is 131 Å². The lowest BCUT2D eigenvalue weighted by Gasteiger charge is -2.19. The quantitative estimate of drug-likeness (QED) is 0.675. The summed E-state index contributed by atoms with van der Waals surface area (Å²) in [4.78, 5) is -0.762. The number of nitrogens with one attached hydrogen (secondary N) is 2. The van der Waals surface area contributed by atoms with Crippen molar-refractivity contribution in [3.8, 4) is 0 Å². The van der Waals surface area contributed by atoms with Crippen molar-refractivity contribution in [3.05, 3.63) is 53.1 Å². The monoisotopic (exact) mass is 414 g/mol. The van der Waals surface area contributed by atoms with Crippen molar-refractivity contribution in [2.45, 2.75) is 16.3 Å². The average Bonchev–Trinajstić information content (AvgIpc) is 2.53. The molecule has 4 N–H and O–H groups in total. The average molecular weight is 415 g/mol. The predicted molar refractivity (Wildman–Crippen MR) is 99.2 cm³/mol. The molecule has 2 aromatic rings. The number of amidine groups is 1. The summed E-state index contributed by atoms with van der Waals surface area (Å²) in [5, 5.41) is 10.8. The van der Waals surface area contributed by atoms with Gasteiger partial charge in [0, 0.05) is 6.54 Å². The molecule has 2 aromatic carbocycles. The molecule has 26 heavy (non-hydrogen) atoms. The van der Waals surface area contributed by atoms with Crippen molar-refractivity contribution >= 4 is 43.2 Å². The van der Waals surface area contributed by atoms with Gasteiger partial charge < -0.3 is 10.6 Å². The van der Waals surface area contributed by atoms with Crippen LogP contribution < -0.4 is 15.8 Å². The fourth-order valence-corrected chi connectivity index (χ4v) is 4.76. The zero-order valence-corrected chi connectivity index (χ0v) is 15.7. The molecule has 11 heteroatoms. The Morgan fingerprint density at radius 2 is 1.85 bits per heavy atom. The molecule has 1 aliphatic rings. The van der Waals surface area contributed by atoms with E-state index in [0.717, 1.165) is 11.6 Å². The number of halogens is 1. The van der Waals surface area contributed by atoms with Crippen molar-refractivity contribution in [2.24, 2.45) is 9.54 Å². The van der Waals surface area contributed by atoms with Crippen LogP contribution in [0.2, 0.25) is 5.02 Å². The number of anilines is 1. The van der Waals surface area contributed by atoms with Crippen LogP contribution in [-0.2, 0) is 26.6 Å². The van der Waals surface area contributed by atoms with Crippen LogP contribution in [0.4, 0.5) is 5.69 Å². The molecule has 0 bridgehead atoms. The van der Waals surface area contributed by atoms with Crippen LogP contribution in [-0.4, -0.2) is 29.2 Å². The number of sulfonamides is 2. The number of rotatable bonds is 5. The van der Waals surface area contributed by atoms with Gasteiger partial charge in [-0.25, -0.2) is 13.6 Å². The predicted octanol–water partition coefficient (Wildman–Crippen LogP) is 1.29. The van der Waals surface area contributed by atoms with E-state index in [1.54, 1.807) is 0 Å². The zero-order chi connectivity index (χ0) is 18.9. The van der Waals surface area contributed by atoms with E-state index in [2.05, 4.69) is 15.0 Å². The van der Waals surface area contributed by atoms with Crippen LogP contribution in [0.1, 0.15) is 5.56 Å². The van der Waals surface area contributed by atoms with Crippen LogP contribution in [0.15, 0.2) is 56.7 Å². The number of fused-ring (bicyclic) bond motifs is 1. The highest BCUT2D eigenvalue weighted by Gasteiger charge is 2.28. The lowest BCUT2D eigenvalue weighted by Crippen LogP contribution is -2.32. The molecule has 0 fully saturated rings. The van der Waals surface area contributed by atoms with Gasteiger partial charge in [-0.15, -0.1) is 4.40 Å². The Morgan fingerprint density at radius 1 is 1.15 bits per heavy atom. The third-order valence-corrected chi connectivity index (χ3v) is 6.32. The van der Waals surface area contributed by atoms with Crippen LogP contribution in [0.25, 0.3) is 0 Å². The normalized spacial score (nSPS) is 15.7. The van der Waals surface area contributed by atoms with Gasteiger partial charge in [0.1, 0.15) is 15.6 Å². The van der Waals surface area contributed by atoms with Gasteiger partial charge >= 0.3 is 0 Å². The molecule has 0 unspecified atom stereocenters. The SMILES string of the molecule is NS(=O)(=O)c1cc2c(cc1Cl)NC(CNCc1ccccc1)=NS2(=O)=O. The molecule has 138 valence electrons. The molecular formula is C15H15ClN4O4S2. The number of hydrogen-bond acceptors (Lipinski definition) is 6. The Kier molecular flexibility index (Phi) is 5.04. The Bertz CT molecular complexity index is 1080. The number of hydrogen-bond donors (Lipinski definition) is 3. The minimum absolute atomic E-state index is 0.147. The molecular weight excluding hydrogens is 400 g/mol. The van der Waals surface area contributed by atoms with E-state index in [-0.39, 0.29) is 28.0 Å². The van der Waals surface area contributed by atoms with Crippen molar-refractivity contribution < 1.29 is 16.8 Å². The van der Waals surface area contributed by atoms with E-state index in [1.807, 2.05) is 30.3 Å². The Morgan fingerprint density at radius 3 is 2.50 bits per heavy atom. The molecule has 0 aliphatic carbocycles. The minimum Gasteiger partial charge on any atom is -0.341 e. The van der Waals surface area contributed by atoms with Gasteiger partial charge in [-0.3, -0.25) is 0 Å². The highest BCUT2D eigenvalue weighted by molar-refractivity contribution is 7.91. The van der Waals surface area contributed by atoms with Gasteiger partial charge in [0.2, 0.25) is 10.0 Å². The molecule has 0 saturated carbocycles. The largest absolute Gasteiger partial charge is 0.341 e. The van der Waals surface area contributed by atoms with E-state index < -0.39 is 24.9 Å². The summed E-state index contributed by atoms with van der Waals surface area (Å²) in [5.41, 5.74) is 1.18. The van der Waals surface area contributed by atoms with Gasteiger partial charge in [-0.05, 0) is 17.7 Å². The fourth-order valence-electron chi connectivity index (χ4n) is 2.43. The lowest BCUT2D eigenvalue weighted by atomic mass is 10.2. The summed E-state index contributed by atoms with van der Waals surface area (Å²) in [5.74, 6) is 0.174. The molecule has 0 amide bonds. The first kappa shape index (κ1) is 18.8. The number of nitrogens with zero attached hydrogens (tertiary/aromatic N) is 1. The van der Waals surface area contributed by atoms with E-state index in [9.17, 15) is 16.8 Å². The molecule has 3 rings (SSSR count). The van der Waals surface area contributed by atoms with E-state index in [4.69, 9.17) is 16.7 Å². The second-order valence-corrected chi connectivity index (χ2v) is 9.06. The first-order valence-electron chi connectivity index (χ1n) is 7.39. The molecule has 8 nitrogen and oxygen atoms in total. The summed E-state index contributed by atoms with van der Waals surface area (Å²) in [6, 6.07) is 11.7. The summed E-state index contributed by atoms with van der Waals surface area (Å²) >= 11 is 5.92. The maximum atomic E-state index is 12.4. The van der Waals surface area contributed by atoms with Crippen molar-refractivity contribution in [1.29, 1.82) is 0 Å². The summed E-state index contributed by atoms with van der Waals surface area (Å²) < 4.78 is 51.5. The lowest BCUT2D eigenvalue weighted by molar-refractivity contribution is 0.596. The highest BCUT2D eigenvalue weighted by Crippen LogP contribution is 2.34. The summed E-state index contributed by atoms with van der Waals surface area (Å²) in [7, 11) is -8.24. The van der Waals surface area contributed by atoms with Crippen molar-refractivity contribution in [2.75, 3.05) is 11.9 Å². The Hall–Kier alpha value is -1.98. The minimum atomic E-state index is -4.16. The first-order chi connectivity index (χ1) is 12.2. The molecule has 1 aliphatic heterocycles. The molecule has 0 atom stereocenters. The number of primary sulfonamides is 1. The third-order valence-electron chi connectivity index (χ3n) is 3.59. The van der Waals surface area contributed by atoms with E-state index >= 15 is 0 Å². The van der Waals surface area contributed by atoms with Crippen molar-refractivity contribution in [1.82, 2.24) is 5.32 Å². The highest BCUT2D eigenvalue weighted by atomic mass is 35.5. The summed E-state index contributed by atoms with van der Waals surface area (Å²) in [6.07, 6.45) is 0. The maximum Gasteiger partial charge on any atom is 0.286 e. The Labute approximate surface area is 156 Å². The van der Waals surface area contributed by atoms with E-state index in [1.165, 1.54) is 6.07 Å².